The Labute approximate surface area is 273 Å². The Bertz CT molecular complexity index is 1440. The van der Waals surface area contributed by atoms with E-state index in [1.165, 1.54) is 19.2 Å². The summed E-state index contributed by atoms with van der Waals surface area (Å²) in [6.45, 7) is 7.53. The van der Waals surface area contributed by atoms with Crippen LogP contribution in [0.15, 0.2) is 47.4 Å². The molecule has 7 N–H and O–H groups in total. The van der Waals surface area contributed by atoms with E-state index < -0.39 is 55.4 Å². The average Bonchev–Trinajstić information content (AvgIpc) is 3.25. The molecule has 0 spiro atoms. The van der Waals surface area contributed by atoms with E-state index in [4.69, 9.17) is 25.3 Å². The highest BCUT2D eigenvalue weighted by Gasteiger charge is 2.55. The molecular formula is C30H46N5O9PS. The van der Waals surface area contributed by atoms with Crippen LogP contribution in [-0.2, 0) is 34.5 Å². The maximum absolute atomic E-state index is 14.0. The molecule has 46 heavy (non-hydrogen) atoms. The lowest BCUT2D eigenvalue weighted by atomic mass is 9.80. The minimum Gasteiger partial charge on any atom is -0.395 e. The molecule has 0 amide bonds. The van der Waals surface area contributed by atoms with Gasteiger partial charge in [0.25, 0.3) is 0 Å². The van der Waals surface area contributed by atoms with Crippen LogP contribution < -0.4 is 22.2 Å². The second-order valence-electron chi connectivity index (χ2n) is 12.5. The van der Waals surface area contributed by atoms with E-state index >= 15 is 0 Å². The maximum atomic E-state index is 14.0. The molecule has 14 nitrogen and oxygen atoms in total. The third kappa shape index (κ3) is 9.78. The van der Waals surface area contributed by atoms with E-state index in [-0.39, 0.29) is 54.6 Å². The Morgan fingerprint density at radius 2 is 1.91 bits per heavy atom. The number of rotatable bonds is 17. The number of Topliss-reactive ketones (excluding diaryl/α,β-unsaturated/α-hetero) is 1. The summed E-state index contributed by atoms with van der Waals surface area (Å²) in [7, 11) is -4.08. The van der Waals surface area contributed by atoms with Gasteiger partial charge in [0.2, 0.25) is 0 Å². The summed E-state index contributed by atoms with van der Waals surface area (Å²) in [5.41, 5.74) is 9.06. The molecule has 6 atom stereocenters. The average molecular weight is 684 g/mol. The summed E-state index contributed by atoms with van der Waals surface area (Å²) in [5.74, 6) is -1.31. The first kappa shape index (κ1) is 38.0. The van der Waals surface area contributed by atoms with E-state index in [0.29, 0.717) is 0 Å². The number of nitrogens with one attached hydrogen (secondary N) is 1. The number of nitrogen functional groups attached to an aromatic ring is 1. The van der Waals surface area contributed by atoms with Gasteiger partial charge in [-0.05, 0) is 38.3 Å². The van der Waals surface area contributed by atoms with Crippen LogP contribution in [0.1, 0.15) is 52.8 Å². The van der Waals surface area contributed by atoms with Crippen LogP contribution in [0.2, 0.25) is 0 Å². The number of aromatic nitrogens is 2. The quantitative estimate of drug-likeness (QED) is 0.119. The van der Waals surface area contributed by atoms with Gasteiger partial charge in [-0.25, -0.2) is 14.4 Å². The Morgan fingerprint density at radius 3 is 2.52 bits per heavy atom. The van der Waals surface area contributed by atoms with Gasteiger partial charge in [0.05, 0.1) is 37.4 Å². The summed E-state index contributed by atoms with van der Waals surface area (Å²) in [4.78, 5) is 42.0. The van der Waals surface area contributed by atoms with E-state index in [1.54, 1.807) is 27.7 Å². The smallest absolute Gasteiger partial charge is 0.395 e. The molecule has 256 valence electrons. The van der Waals surface area contributed by atoms with Crippen molar-refractivity contribution in [3.05, 3.63) is 58.6 Å². The molecule has 0 bridgehead atoms. The molecule has 1 saturated heterocycles. The largest absolute Gasteiger partial charge is 0.405 e. The number of hydrogen-bond acceptors (Lipinski definition) is 13. The maximum Gasteiger partial charge on any atom is 0.405 e. The predicted molar refractivity (Wildman–Crippen MR) is 174 cm³/mol. The molecule has 16 heteroatoms. The highest BCUT2D eigenvalue weighted by molar-refractivity contribution is 8.13. The van der Waals surface area contributed by atoms with Crippen molar-refractivity contribution in [3.63, 3.8) is 0 Å². The topological polar surface area (TPSA) is 218 Å². The lowest BCUT2D eigenvalue weighted by molar-refractivity contribution is -0.125. The van der Waals surface area contributed by atoms with Crippen molar-refractivity contribution in [2.24, 2.45) is 23.0 Å². The molecule has 0 radical (unpaired) electrons. The molecular weight excluding hydrogens is 637 g/mol. The lowest BCUT2D eigenvalue weighted by Crippen LogP contribution is -2.46. The van der Waals surface area contributed by atoms with Crippen molar-refractivity contribution in [1.29, 1.82) is 0 Å². The number of benzene rings is 1. The number of carbonyl (C=O) groups excluding carboxylic acids is 2. The SMILES string of the molecule is CC(C)[C@H](N)C(=O)C[C@@H]1[C@@H](COP(=O)(NCc2ccccc2)OCCSC(=O)C(C)(C)CO)O[C@@H](n2ccc(N)nc2=O)[C@]1(C)O. The zero-order chi connectivity index (χ0) is 34.3. The number of hydrogen-bond donors (Lipinski definition) is 5. The van der Waals surface area contributed by atoms with Crippen molar-refractivity contribution in [2.75, 3.05) is 31.3 Å². The summed E-state index contributed by atoms with van der Waals surface area (Å²) < 4.78 is 32.8. The van der Waals surface area contributed by atoms with Crippen LogP contribution >= 0.6 is 19.5 Å². The summed E-state index contributed by atoms with van der Waals surface area (Å²) in [6, 6.07) is 9.69. The molecule has 3 rings (SSSR count). The van der Waals surface area contributed by atoms with Gasteiger partial charge in [-0.2, -0.15) is 4.98 Å². The predicted octanol–water partition coefficient (Wildman–Crippen LogP) is 2.24. The number of anilines is 1. The molecule has 1 aliphatic rings. The number of ketones is 1. The minimum atomic E-state index is -4.08. The Balaban J connectivity index is 1.84. The van der Waals surface area contributed by atoms with Gasteiger partial charge < -0.3 is 26.4 Å². The number of aliphatic hydroxyl groups excluding tert-OH is 1. The van der Waals surface area contributed by atoms with Crippen molar-refractivity contribution in [2.45, 2.75) is 71.6 Å². The van der Waals surface area contributed by atoms with E-state index in [9.17, 15) is 29.2 Å². The van der Waals surface area contributed by atoms with Crippen molar-refractivity contribution in [1.82, 2.24) is 14.6 Å². The number of nitrogens with two attached hydrogens (primary N) is 2. The normalized spacial score (nSPS) is 23.7. The molecule has 2 heterocycles. The van der Waals surface area contributed by atoms with Gasteiger partial charge in [-0.3, -0.25) is 23.2 Å². The van der Waals surface area contributed by atoms with Crippen molar-refractivity contribution >= 4 is 36.2 Å². The Kier molecular flexibility index (Phi) is 13.3. The van der Waals surface area contributed by atoms with Crippen LogP contribution in [0.3, 0.4) is 0 Å². The number of aliphatic hydroxyl groups is 2. The first-order chi connectivity index (χ1) is 21.5. The fourth-order valence-electron chi connectivity index (χ4n) is 4.76. The second-order valence-corrected chi connectivity index (χ2v) is 15.4. The molecule has 1 aromatic heterocycles. The van der Waals surface area contributed by atoms with E-state index in [0.717, 1.165) is 21.9 Å². The van der Waals surface area contributed by atoms with Crippen LogP contribution in [0, 0.1) is 17.3 Å². The second kappa shape index (κ2) is 16.1. The number of carbonyl (C=O) groups is 2. The number of thioether (sulfide) groups is 1. The van der Waals surface area contributed by atoms with Crippen molar-refractivity contribution < 1.29 is 38.2 Å². The monoisotopic (exact) mass is 683 g/mol. The van der Waals surface area contributed by atoms with Gasteiger partial charge in [-0.1, -0.05) is 55.9 Å². The van der Waals surface area contributed by atoms with Crippen LogP contribution in [-0.4, -0.2) is 74.0 Å². The number of nitrogens with zero attached hydrogens (tertiary/aromatic N) is 2. The standard InChI is InChI=1S/C30H46N5O9PS/c1-19(2)25(32)22(37)15-21-23(44-26(30(21,5)40)35-12-11-24(31)34-28(35)39)17-43-45(41,33-16-20-9-7-6-8-10-20)42-13-14-46-27(38)29(3,4)18-36/h6-12,19,21,23,25-26,36,40H,13-18,32H2,1-5H3,(H,33,41)(H2,31,34,39)/t21-,23-,25+,26-,30-,45?/m1/s1. The Hall–Kier alpha value is -2.46. The Morgan fingerprint density at radius 1 is 1.24 bits per heavy atom. The molecule has 0 aliphatic carbocycles. The fraction of sp³-hybridized carbons (Fsp3) is 0.600. The molecule has 1 unspecified atom stereocenters. The molecule has 1 aromatic carbocycles. The molecule has 0 saturated carbocycles. The minimum absolute atomic E-state index is 0.0178. The van der Waals surface area contributed by atoms with Gasteiger partial charge in [0.1, 0.15) is 17.2 Å². The highest BCUT2D eigenvalue weighted by atomic mass is 32.2. The first-order valence-electron chi connectivity index (χ1n) is 15.0. The molecule has 2 aromatic rings. The van der Waals surface area contributed by atoms with Crippen LogP contribution in [0.25, 0.3) is 0 Å². The van der Waals surface area contributed by atoms with E-state index in [2.05, 4.69) is 10.1 Å². The molecule has 1 fully saturated rings. The summed E-state index contributed by atoms with van der Waals surface area (Å²) in [5, 5.41) is 23.8. The zero-order valence-corrected chi connectivity index (χ0v) is 28.5. The van der Waals surface area contributed by atoms with Gasteiger partial charge in [0, 0.05) is 30.8 Å². The molecule has 1 aliphatic heterocycles. The van der Waals surface area contributed by atoms with Crippen molar-refractivity contribution in [3.8, 4) is 0 Å². The highest BCUT2D eigenvalue weighted by Crippen LogP contribution is 2.49. The lowest BCUT2D eigenvalue weighted by Gasteiger charge is -2.31. The van der Waals surface area contributed by atoms with Gasteiger partial charge in [-0.15, -0.1) is 0 Å². The summed E-state index contributed by atoms with van der Waals surface area (Å²) in [6.07, 6.45) is -1.21. The van der Waals surface area contributed by atoms with Gasteiger partial charge >= 0.3 is 13.4 Å². The third-order valence-corrected chi connectivity index (χ3v) is 10.6. The number of ether oxygens (including phenoxy) is 1. The first-order valence-corrected chi connectivity index (χ1v) is 17.5. The third-order valence-electron chi connectivity index (χ3n) is 7.87. The van der Waals surface area contributed by atoms with Gasteiger partial charge in [0.15, 0.2) is 11.3 Å². The zero-order valence-electron chi connectivity index (χ0n) is 26.8. The fourth-order valence-corrected chi connectivity index (χ4v) is 7.00. The van der Waals surface area contributed by atoms with Crippen LogP contribution in [0.5, 0.6) is 0 Å². The van der Waals surface area contributed by atoms with E-state index in [1.807, 2.05) is 30.3 Å². The summed E-state index contributed by atoms with van der Waals surface area (Å²) >= 11 is 0.936. The van der Waals surface area contributed by atoms with Crippen LogP contribution in [0.4, 0.5) is 5.82 Å².